The second-order valence-corrected chi connectivity index (χ2v) is 5.85. The van der Waals surface area contributed by atoms with Crippen LogP contribution in [0.1, 0.15) is 51.9 Å². The van der Waals surface area contributed by atoms with Crippen LogP contribution in [0.4, 0.5) is 11.4 Å². The summed E-state index contributed by atoms with van der Waals surface area (Å²) in [5.74, 6) is 0.834. The zero-order valence-corrected chi connectivity index (χ0v) is 12.5. The summed E-state index contributed by atoms with van der Waals surface area (Å²) in [4.78, 5) is 14.5. The minimum Gasteiger partial charge on any atom is -0.399 e. The molecule has 110 valence electrons. The maximum Gasteiger partial charge on any atom is 0.227 e. The number of benzene rings is 1. The van der Waals surface area contributed by atoms with Crippen LogP contribution in [-0.2, 0) is 4.79 Å². The molecule has 1 aromatic rings. The summed E-state index contributed by atoms with van der Waals surface area (Å²) < 4.78 is 0. The van der Waals surface area contributed by atoms with Crippen molar-refractivity contribution >= 4 is 17.3 Å². The molecule has 2 rings (SSSR count). The fourth-order valence-electron chi connectivity index (χ4n) is 3.06. The summed E-state index contributed by atoms with van der Waals surface area (Å²) >= 11 is 0. The first-order chi connectivity index (χ1) is 9.70. The van der Waals surface area contributed by atoms with Gasteiger partial charge in [-0.15, -0.1) is 0 Å². The summed E-state index contributed by atoms with van der Waals surface area (Å²) in [6.45, 7) is 2.88. The van der Waals surface area contributed by atoms with Crippen molar-refractivity contribution in [3.63, 3.8) is 0 Å². The van der Waals surface area contributed by atoms with Crippen LogP contribution >= 0.6 is 0 Å². The molecule has 0 atom stereocenters. The van der Waals surface area contributed by atoms with Gasteiger partial charge in [0.1, 0.15) is 0 Å². The van der Waals surface area contributed by atoms with Crippen LogP contribution in [0.25, 0.3) is 0 Å². The van der Waals surface area contributed by atoms with Crippen LogP contribution in [0.5, 0.6) is 0 Å². The molecule has 3 nitrogen and oxygen atoms in total. The lowest BCUT2D eigenvalue weighted by molar-refractivity contribution is -0.119. The van der Waals surface area contributed by atoms with Crippen molar-refractivity contribution in [3.8, 4) is 0 Å². The van der Waals surface area contributed by atoms with E-state index in [1.807, 2.05) is 29.2 Å². The lowest BCUT2D eigenvalue weighted by Gasteiger charge is -2.27. The van der Waals surface area contributed by atoms with Crippen LogP contribution in [-0.4, -0.2) is 12.5 Å². The zero-order chi connectivity index (χ0) is 14.4. The number of hydrogen-bond acceptors (Lipinski definition) is 2. The third-order valence-corrected chi connectivity index (χ3v) is 4.12. The molecule has 0 saturated heterocycles. The van der Waals surface area contributed by atoms with E-state index in [4.69, 9.17) is 5.73 Å². The van der Waals surface area contributed by atoms with Crippen molar-refractivity contribution < 1.29 is 4.79 Å². The average Bonchev–Trinajstić information content (AvgIpc) is 2.45. The van der Waals surface area contributed by atoms with Crippen molar-refractivity contribution in [1.29, 1.82) is 0 Å². The predicted molar refractivity (Wildman–Crippen MR) is 84.7 cm³/mol. The molecule has 0 spiro atoms. The molecule has 3 heteroatoms. The lowest BCUT2D eigenvalue weighted by atomic mass is 9.86. The Morgan fingerprint density at radius 3 is 2.70 bits per heavy atom. The smallest absolute Gasteiger partial charge is 0.227 e. The highest BCUT2D eigenvalue weighted by Crippen LogP contribution is 2.28. The number of nitrogens with two attached hydrogens (primary N) is 1. The Balaban J connectivity index is 2.05. The highest BCUT2D eigenvalue weighted by atomic mass is 16.2. The molecule has 1 aliphatic rings. The third kappa shape index (κ3) is 3.99. The largest absolute Gasteiger partial charge is 0.399 e. The Bertz CT molecular complexity index is 438. The number of amides is 1. The van der Waals surface area contributed by atoms with Gasteiger partial charge in [0.05, 0.1) is 0 Å². The van der Waals surface area contributed by atoms with Gasteiger partial charge in [-0.3, -0.25) is 4.79 Å². The Labute approximate surface area is 122 Å². The van der Waals surface area contributed by atoms with Gasteiger partial charge < -0.3 is 10.6 Å². The van der Waals surface area contributed by atoms with Gasteiger partial charge in [0, 0.05) is 24.3 Å². The van der Waals surface area contributed by atoms with Crippen molar-refractivity contribution in [3.05, 3.63) is 24.3 Å². The summed E-state index contributed by atoms with van der Waals surface area (Å²) in [6.07, 6.45) is 7.97. The maximum absolute atomic E-state index is 12.6. The molecule has 20 heavy (non-hydrogen) atoms. The van der Waals surface area contributed by atoms with E-state index >= 15 is 0 Å². The maximum atomic E-state index is 12.6. The van der Waals surface area contributed by atoms with E-state index < -0.39 is 0 Å². The second-order valence-electron chi connectivity index (χ2n) is 5.85. The van der Waals surface area contributed by atoms with Gasteiger partial charge >= 0.3 is 0 Å². The van der Waals surface area contributed by atoms with Crippen LogP contribution < -0.4 is 10.6 Å². The van der Waals surface area contributed by atoms with Crippen LogP contribution in [0.2, 0.25) is 0 Å². The first-order valence-corrected chi connectivity index (χ1v) is 7.86. The predicted octanol–water partition coefficient (Wildman–Crippen LogP) is 3.98. The Kier molecular flexibility index (Phi) is 5.45. The van der Waals surface area contributed by atoms with Gasteiger partial charge in [-0.2, -0.15) is 0 Å². The van der Waals surface area contributed by atoms with E-state index in [-0.39, 0.29) is 5.91 Å². The molecule has 2 N–H and O–H groups in total. The average molecular weight is 274 g/mol. The lowest BCUT2D eigenvalue weighted by Crippen LogP contribution is -2.33. The molecule has 1 aliphatic carbocycles. The van der Waals surface area contributed by atoms with E-state index in [0.29, 0.717) is 18.0 Å². The van der Waals surface area contributed by atoms with Crippen LogP contribution in [0.3, 0.4) is 0 Å². The van der Waals surface area contributed by atoms with Gasteiger partial charge in [0.15, 0.2) is 0 Å². The summed E-state index contributed by atoms with van der Waals surface area (Å²) in [5, 5.41) is 0. The second kappa shape index (κ2) is 7.32. The molecule has 0 unspecified atom stereocenters. The quantitative estimate of drug-likeness (QED) is 0.825. The van der Waals surface area contributed by atoms with Gasteiger partial charge in [0.2, 0.25) is 5.91 Å². The zero-order valence-electron chi connectivity index (χ0n) is 12.5. The monoisotopic (exact) mass is 274 g/mol. The van der Waals surface area contributed by atoms with E-state index in [0.717, 1.165) is 18.7 Å². The summed E-state index contributed by atoms with van der Waals surface area (Å²) in [7, 11) is 0. The first kappa shape index (κ1) is 14.9. The summed E-state index contributed by atoms with van der Waals surface area (Å²) in [6, 6.07) is 7.65. The minimum absolute atomic E-state index is 0.254. The van der Waals surface area contributed by atoms with Gasteiger partial charge in [-0.05, 0) is 43.4 Å². The van der Waals surface area contributed by atoms with Crippen LogP contribution in [0.15, 0.2) is 24.3 Å². The molecule has 0 aromatic heterocycles. The first-order valence-electron chi connectivity index (χ1n) is 7.86. The third-order valence-electron chi connectivity index (χ3n) is 4.12. The van der Waals surface area contributed by atoms with Gasteiger partial charge in [-0.1, -0.05) is 32.3 Å². The highest BCUT2D eigenvalue weighted by Gasteiger charge is 2.21. The topological polar surface area (TPSA) is 46.3 Å². The number of hydrogen-bond donors (Lipinski definition) is 1. The Hall–Kier alpha value is -1.51. The van der Waals surface area contributed by atoms with Crippen molar-refractivity contribution in [1.82, 2.24) is 0 Å². The Morgan fingerprint density at radius 2 is 2.05 bits per heavy atom. The number of carbonyl (C=O) groups excluding carboxylic acids is 1. The molecule has 0 heterocycles. The number of carbonyl (C=O) groups is 1. The summed E-state index contributed by atoms with van der Waals surface area (Å²) in [5.41, 5.74) is 7.49. The SMILES string of the molecule is CCCN(C(=O)CC1CCCCC1)c1cccc(N)c1. The molecule has 0 radical (unpaired) electrons. The van der Waals surface area contributed by atoms with E-state index in [9.17, 15) is 4.79 Å². The number of nitrogens with zero attached hydrogens (tertiary/aromatic N) is 1. The highest BCUT2D eigenvalue weighted by molar-refractivity contribution is 5.93. The fraction of sp³-hybridized carbons (Fsp3) is 0.588. The molecule has 1 saturated carbocycles. The van der Waals surface area contributed by atoms with Crippen molar-refractivity contribution in [2.45, 2.75) is 51.9 Å². The molecular formula is C17H26N2O. The van der Waals surface area contributed by atoms with Crippen LogP contribution in [0, 0.1) is 5.92 Å². The van der Waals surface area contributed by atoms with Gasteiger partial charge in [-0.25, -0.2) is 0 Å². The Morgan fingerprint density at radius 1 is 1.30 bits per heavy atom. The molecule has 1 aromatic carbocycles. The number of nitrogen functional groups attached to an aromatic ring is 1. The minimum atomic E-state index is 0.254. The van der Waals surface area contributed by atoms with Crippen molar-refractivity contribution in [2.24, 2.45) is 5.92 Å². The molecule has 0 bridgehead atoms. The molecule has 0 aliphatic heterocycles. The van der Waals surface area contributed by atoms with E-state index in [1.54, 1.807) is 0 Å². The van der Waals surface area contributed by atoms with E-state index in [2.05, 4.69) is 6.92 Å². The molecule has 1 fully saturated rings. The standard InChI is InChI=1S/C17H26N2O/c1-2-11-19(16-10-6-9-15(18)13-16)17(20)12-14-7-4-3-5-8-14/h6,9-10,13-14H,2-5,7-8,11-12,18H2,1H3. The van der Waals surface area contributed by atoms with Crippen molar-refractivity contribution in [2.75, 3.05) is 17.2 Å². The molecule has 1 amide bonds. The van der Waals surface area contributed by atoms with Gasteiger partial charge in [0.25, 0.3) is 0 Å². The molecular weight excluding hydrogens is 248 g/mol. The number of rotatable bonds is 5. The van der Waals surface area contributed by atoms with E-state index in [1.165, 1.54) is 32.1 Å². The fourth-order valence-corrected chi connectivity index (χ4v) is 3.06. The normalized spacial score (nSPS) is 16.1. The number of anilines is 2.